The average molecular weight is 282 g/mol. The smallest absolute Gasteiger partial charge is 0.165 e. The Morgan fingerprint density at radius 3 is 2.45 bits per heavy atom. The predicted molar refractivity (Wildman–Crippen MR) is 80.6 cm³/mol. The number of benzene rings is 1. The van der Waals surface area contributed by atoms with Gasteiger partial charge in [0, 0.05) is 25.8 Å². The van der Waals surface area contributed by atoms with E-state index in [9.17, 15) is 0 Å². The summed E-state index contributed by atoms with van der Waals surface area (Å²) in [6, 6.07) is 5.93. The molecule has 2 N–H and O–H groups in total. The van der Waals surface area contributed by atoms with E-state index in [4.69, 9.17) is 14.2 Å². The van der Waals surface area contributed by atoms with Gasteiger partial charge in [-0.15, -0.1) is 0 Å². The summed E-state index contributed by atoms with van der Waals surface area (Å²) in [5, 5.41) is 6.73. The Morgan fingerprint density at radius 2 is 1.75 bits per heavy atom. The van der Waals surface area contributed by atoms with E-state index in [1.807, 2.05) is 18.2 Å². The van der Waals surface area contributed by atoms with Crippen molar-refractivity contribution in [3.8, 4) is 11.5 Å². The van der Waals surface area contributed by atoms with Crippen molar-refractivity contribution in [2.45, 2.75) is 13.0 Å². The second-order valence-corrected chi connectivity index (χ2v) is 4.43. The van der Waals surface area contributed by atoms with Crippen LogP contribution in [-0.4, -0.2) is 47.6 Å². The third-order valence-electron chi connectivity index (χ3n) is 2.99. The SMILES string of the molecule is COCCNCCCNCc1cccc(OC)c1OC. The van der Waals surface area contributed by atoms with E-state index in [1.165, 1.54) is 0 Å². The van der Waals surface area contributed by atoms with E-state index in [1.54, 1.807) is 21.3 Å². The van der Waals surface area contributed by atoms with Crippen LogP contribution in [0, 0.1) is 0 Å². The maximum absolute atomic E-state index is 5.40. The normalized spacial score (nSPS) is 10.6. The summed E-state index contributed by atoms with van der Waals surface area (Å²) in [5.41, 5.74) is 1.11. The van der Waals surface area contributed by atoms with E-state index in [0.29, 0.717) is 0 Å². The van der Waals surface area contributed by atoms with Gasteiger partial charge in [0.05, 0.1) is 20.8 Å². The minimum Gasteiger partial charge on any atom is -0.493 e. The lowest BCUT2D eigenvalue weighted by Gasteiger charge is -2.13. The summed E-state index contributed by atoms with van der Waals surface area (Å²) in [4.78, 5) is 0. The lowest BCUT2D eigenvalue weighted by Crippen LogP contribution is -2.24. The molecule has 1 aromatic rings. The maximum atomic E-state index is 5.40. The number of hydrogen-bond donors (Lipinski definition) is 2. The molecule has 0 aliphatic carbocycles. The first-order valence-corrected chi connectivity index (χ1v) is 6.93. The van der Waals surface area contributed by atoms with Crippen molar-refractivity contribution in [3.05, 3.63) is 23.8 Å². The number of nitrogens with one attached hydrogen (secondary N) is 2. The van der Waals surface area contributed by atoms with Gasteiger partial charge >= 0.3 is 0 Å². The first-order valence-electron chi connectivity index (χ1n) is 6.93. The Bertz CT molecular complexity index is 372. The van der Waals surface area contributed by atoms with Crippen LogP contribution in [0.4, 0.5) is 0 Å². The van der Waals surface area contributed by atoms with Crippen LogP contribution < -0.4 is 20.1 Å². The first kappa shape index (κ1) is 16.8. The summed E-state index contributed by atoms with van der Waals surface area (Å²) in [6.07, 6.45) is 1.08. The van der Waals surface area contributed by atoms with E-state index in [0.717, 1.165) is 56.3 Å². The largest absolute Gasteiger partial charge is 0.493 e. The average Bonchev–Trinajstić information content (AvgIpc) is 2.49. The van der Waals surface area contributed by atoms with Gasteiger partial charge < -0.3 is 24.8 Å². The molecule has 0 atom stereocenters. The molecule has 0 unspecified atom stereocenters. The highest BCUT2D eigenvalue weighted by Gasteiger charge is 2.08. The van der Waals surface area contributed by atoms with Crippen LogP contribution in [0.5, 0.6) is 11.5 Å². The van der Waals surface area contributed by atoms with Gasteiger partial charge in [0.2, 0.25) is 0 Å². The van der Waals surface area contributed by atoms with Crippen LogP contribution in [0.1, 0.15) is 12.0 Å². The summed E-state index contributed by atoms with van der Waals surface area (Å²) in [6.45, 7) is 4.39. The number of hydrogen-bond acceptors (Lipinski definition) is 5. The van der Waals surface area contributed by atoms with Crippen LogP contribution in [0.3, 0.4) is 0 Å². The van der Waals surface area contributed by atoms with Crippen molar-refractivity contribution in [2.24, 2.45) is 0 Å². The molecular weight excluding hydrogens is 256 g/mol. The molecule has 0 saturated heterocycles. The number of para-hydroxylation sites is 1. The third-order valence-corrected chi connectivity index (χ3v) is 2.99. The highest BCUT2D eigenvalue weighted by atomic mass is 16.5. The molecule has 0 radical (unpaired) electrons. The molecule has 0 heterocycles. The molecule has 0 aromatic heterocycles. The highest BCUT2D eigenvalue weighted by molar-refractivity contribution is 5.46. The lowest BCUT2D eigenvalue weighted by molar-refractivity contribution is 0.199. The summed E-state index contributed by atoms with van der Waals surface area (Å²) >= 11 is 0. The summed E-state index contributed by atoms with van der Waals surface area (Å²) in [7, 11) is 5.03. The van der Waals surface area contributed by atoms with Gasteiger partial charge in [-0.25, -0.2) is 0 Å². The maximum Gasteiger partial charge on any atom is 0.165 e. The zero-order chi connectivity index (χ0) is 14.6. The van der Waals surface area contributed by atoms with Crippen LogP contribution in [0.15, 0.2) is 18.2 Å². The second-order valence-electron chi connectivity index (χ2n) is 4.43. The number of ether oxygens (including phenoxy) is 3. The lowest BCUT2D eigenvalue weighted by atomic mass is 10.2. The van der Waals surface area contributed by atoms with E-state index in [2.05, 4.69) is 10.6 Å². The number of methoxy groups -OCH3 is 3. The Hall–Kier alpha value is -1.30. The fourth-order valence-electron chi connectivity index (χ4n) is 1.95. The van der Waals surface area contributed by atoms with Crippen molar-refractivity contribution < 1.29 is 14.2 Å². The standard InChI is InChI=1S/C15H26N2O3/c1-18-11-10-16-8-5-9-17-12-13-6-4-7-14(19-2)15(13)20-3/h4,6-7,16-17H,5,8-12H2,1-3H3. The van der Waals surface area contributed by atoms with Crippen LogP contribution >= 0.6 is 0 Å². The zero-order valence-electron chi connectivity index (χ0n) is 12.7. The summed E-state index contributed by atoms with van der Waals surface area (Å²) in [5.74, 6) is 1.58. The second kappa shape index (κ2) is 10.5. The minimum atomic E-state index is 0.758. The molecule has 5 heteroatoms. The fraction of sp³-hybridized carbons (Fsp3) is 0.600. The molecule has 114 valence electrons. The Balaban J connectivity index is 2.25. The molecule has 1 rings (SSSR count). The predicted octanol–water partition coefficient (Wildman–Crippen LogP) is 1.42. The molecule has 0 fully saturated rings. The van der Waals surface area contributed by atoms with E-state index >= 15 is 0 Å². The molecule has 0 amide bonds. The quantitative estimate of drug-likeness (QED) is 0.601. The van der Waals surface area contributed by atoms with Gasteiger partial charge in [-0.1, -0.05) is 12.1 Å². The fourth-order valence-corrected chi connectivity index (χ4v) is 1.95. The molecular formula is C15H26N2O3. The molecule has 20 heavy (non-hydrogen) atoms. The van der Waals surface area contributed by atoms with Crippen LogP contribution in [0.2, 0.25) is 0 Å². The Morgan fingerprint density at radius 1 is 0.950 bits per heavy atom. The van der Waals surface area contributed by atoms with Gasteiger partial charge in [0.1, 0.15) is 0 Å². The Kier molecular flexibility index (Phi) is 8.78. The molecule has 0 spiro atoms. The molecule has 0 saturated carbocycles. The van der Waals surface area contributed by atoms with E-state index < -0.39 is 0 Å². The van der Waals surface area contributed by atoms with E-state index in [-0.39, 0.29) is 0 Å². The van der Waals surface area contributed by atoms with Crippen molar-refractivity contribution in [1.82, 2.24) is 10.6 Å². The van der Waals surface area contributed by atoms with Crippen molar-refractivity contribution >= 4 is 0 Å². The monoisotopic (exact) mass is 282 g/mol. The third kappa shape index (κ3) is 5.77. The molecule has 0 aliphatic rings. The highest BCUT2D eigenvalue weighted by Crippen LogP contribution is 2.30. The number of rotatable bonds is 11. The first-order chi connectivity index (χ1) is 9.83. The van der Waals surface area contributed by atoms with Gasteiger partial charge in [-0.05, 0) is 25.6 Å². The van der Waals surface area contributed by atoms with Crippen LogP contribution in [0.25, 0.3) is 0 Å². The molecule has 1 aromatic carbocycles. The minimum absolute atomic E-state index is 0.758. The zero-order valence-corrected chi connectivity index (χ0v) is 12.7. The van der Waals surface area contributed by atoms with Gasteiger partial charge in [0.15, 0.2) is 11.5 Å². The molecule has 0 bridgehead atoms. The van der Waals surface area contributed by atoms with Crippen LogP contribution in [-0.2, 0) is 11.3 Å². The van der Waals surface area contributed by atoms with Crippen molar-refractivity contribution in [2.75, 3.05) is 47.6 Å². The van der Waals surface area contributed by atoms with Gasteiger partial charge in [-0.2, -0.15) is 0 Å². The topological polar surface area (TPSA) is 51.8 Å². The molecule has 0 aliphatic heterocycles. The molecule has 5 nitrogen and oxygen atoms in total. The van der Waals surface area contributed by atoms with Crippen molar-refractivity contribution in [3.63, 3.8) is 0 Å². The van der Waals surface area contributed by atoms with Crippen molar-refractivity contribution in [1.29, 1.82) is 0 Å². The van der Waals surface area contributed by atoms with Gasteiger partial charge in [-0.3, -0.25) is 0 Å². The van der Waals surface area contributed by atoms with Gasteiger partial charge in [0.25, 0.3) is 0 Å². The summed E-state index contributed by atoms with van der Waals surface area (Å²) < 4.78 is 15.7. The Labute approximate surface area is 121 Å².